The van der Waals surface area contributed by atoms with Gasteiger partial charge in [-0.1, -0.05) is 11.6 Å². The SMILES string of the molecule is O=C(CSc1ccc(Cl)cc1)Nc1ncnc2c1CCC2. The maximum atomic E-state index is 12.0. The van der Waals surface area contributed by atoms with Crippen LogP contribution < -0.4 is 5.32 Å². The van der Waals surface area contributed by atoms with E-state index in [-0.39, 0.29) is 5.91 Å². The topological polar surface area (TPSA) is 54.9 Å². The van der Waals surface area contributed by atoms with E-state index in [1.165, 1.54) is 18.1 Å². The third-order valence-electron chi connectivity index (χ3n) is 3.32. The molecule has 1 aromatic heterocycles. The smallest absolute Gasteiger partial charge is 0.235 e. The first-order chi connectivity index (χ1) is 10.2. The molecule has 108 valence electrons. The number of aryl methyl sites for hydroxylation is 1. The molecule has 0 bridgehead atoms. The van der Waals surface area contributed by atoms with Crippen LogP contribution in [0.3, 0.4) is 0 Å². The molecule has 21 heavy (non-hydrogen) atoms. The molecule has 0 radical (unpaired) electrons. The number of aromatic nitrogens is 2. The van der Waals surface area contributed by atoms with Gasteiger partial charge < -0.3 is 5.32 Å². The van der Waals surface area contributed by atoms with E-state index in [9.17, 15) is 4.79 Å². The summed E-state index contributed by atoms with van der Waals surface area (Å²) in [7, 11) is 0. The van der Waals surface area contributed by atoms with E-state index in [0.717, 1.165) is 35.4 Å². The molecule has 1 amide bonds. The summed E-state index contributed by atoms with van der Waals surface area (Å²) in [6.45, 7) is 0. The largest absolute Gasteiger partial charge is 0.310 e. The number of hydrogen-bond donors (Lipinski definition) is 1. The van der Waals surface area contributed by atoms with Crippen LogP contribution in [0.5, 0.6) is 0 Å². The number of carbonyl (C=O) groups excluding carboxylic acids is 1. The lowest BCUT2D eigenvalue weighted by Gasteiger charge is -2.08. The highest BCUT2D eigenvalue weighted by molar-refractivity contribution is 8.00. The van der Waals surface area contributed by atoms with Gasteiger partial charge in [-0.3, -0.25) is 4.79 Å². The Bertz CT molecular complexity index is 660. The Labute approximate surface area is 132 Å². The van der Waals surface area contributed by atoms with Crippen molar-refractivity contribution in [3.63, 3.8) is 0 Å². The minimum absolute atomic E-state index is 0.0530. The molecule has 6 heteroatoms. The molecular weight excluding hydrogens is 306 g/mol. The first-order valence-electron chi connectivity index (χ1n) is 6.73. The molecule has 0 unspecified atom stereocenters. The van der Waals surface area contributed by atoms with E-state index in [1.807, 2.05) is 24.3 Å². The van der Waals surface area contributed by atoms with Crippen molar-refractivity contribution in [1.82, 2.24) is 9.97 Å². The summed E-state index contributed by atoms with van der Waals surface area (Å²) in [5.41, 5.74) is 2.15. The predicted octanol–water partition coefficient (Wildman–Crippen LogP) is 3.35. The molecule has 0 aliphatic heterocycles. The molecule has 1 heterocycles. The summed E-state index contributed by atoms with van der Waals surface area (Å²) in [4.78, 5) is 21.5. The van der Waals surface area contributed by atoms with Gasteiger partial charge in [0.25, 0.3) is 0 Å². The van der Waals surface area contributed by atoms with Crippen LogP contribution in [-0.2, 0) is 17.6 Å². The third-order valence-corrected chi connectivity index (χ3v) is 4.58. The fourth-order valence-electron chi connectivity index (χ4n) is 2.32. The van der Waals surface area contributed by atoms with Crippen molar-refractivity contribution < 1.29 is 4.79 Å². The Morgan fingerprint density at radius 1 is 1.24 bits per heavy atom. The molecule has 1 N–H and O–H groups in total. The minimum Gasteiger partial charge on any atom is -0.310 e. The molecule has 0 fully saturated rings. The van der Waals surface area contributed by atoms with Gasteiger partial charge in [0.1, 0.15) is 12.1 Å². The highest BCUT2D eigenvalue weighted by atomic mass is 35.5. The van der Waals surface area contributed by atoms with E-state index >= 15 is 0 Å². The van der Waals surface area contributed by atoms with Gasteiger partial charge in [0.2, 0.25) is 5.91 Å². The number of amides is 1. The van der Waals surface area contributed by atoms with Crippen molar-refractivity contribution in [3.8, 4) is 0 Å². The Balaban J connectivity index is 1.60. The molecule has 1 aromatic carbocycles. The zero-order valence-electron chi connectivity index (χ0n) is 11.3. The summed E-state index contributed by atoms with van der Waals surface area (Å²) in [5.74, 6) is 0.961. The fraction of sp³-hybridized carbons (Fsp3) is 0.267. The van der Waals surface area contributed by atoms with E-state index in [2.05, 4.69) is 15.3 Å². The highest BCUT2D eigenvalue weighted by Crippen LogP contribution is 2.25. The van der Waals surface area contributed by atoms with Crippen molar-refractivity contribution >= 4 is 35.1 Å². The molecule has 0 atom stereocenters. The van der Waals surface area contributed by atoms with E-state index in [4.69, 9.17) is 11.6 Å². The van der Waals surface area contributed by atoms with Crippen LogP contribution in [0.1, 0.15) is 17.7 Å². The summed E-state index contributed by atoms with van der Waals surface area (Å²) >= 11 is 7.31. The van der Waals surface area contributed by atoms with Crippen LogP contribution in [0.15, 0.2) is 35.5 Å². The lowest BCUT2D eigenvalue weighted by molar-refractivity contribution is -0.113. The second-order valence-electron chi connectivity index (χ2n) is 4.79. The van der Waals surface area contributed by atoms with Crippen LogP contribution in [0.25, 0.3) is 0 Å². The van der Waals surface area contributed by atoms with Crippen LogP contribution >= 0.6 is 23.4 Å². The van der Waals surface area contributed by atoms with Gasteiger partial charge in [-0.25, -0.2) is 9.97 Å². The van der Waals surface area contributed by atoms with Gasteiger partial charge in [0, 0.05) is 21.2 Å². The average molecular weight is 320 g/mol. The Kier molecular flexibility index (Phi) is 4.41. The first kappa shape index (κ1) is 14.4. The summed E-state index contributed by atoms with van der Waals surface area (Å²) in [5, 5.41) is 3.58. The van der Waals surface area contributed by atoms with Gasteiger partial charge in [-0.2, -0.15) is 0 Å². The van der Waals surface area contributed by atoms with Crippen molar-refractivity contribution in [3.05, 3.63) is 46.9 Å². The second-order valence-corrected chi connectivity index (χ2v) is 6.28. The van der Waals surface area contributed by atoms with Crippen LogP contribution in [0.2, 0.25) is 5.02 Å². The van der Waals surface area contributed by atoms with Gasteiger partial charge >= 0.3 is 0 Å². The van der Waals surface area contributed by atoms with Gasteiger partial charge in [-0.05, 0) is 43.5 Å². The number of rotatable bonds is 4. The van der Waals surface area contributed by atoms with Crippen molar-refractivity contribution in [2.24, 2.45) is 0 Å². The number of anilines is 1. The standard InChI is InChI=1S/C15H14ClN3OS/c16-10-4-6-11(7-5-10)21-8-14(20)19-15-12-2-1-3-13(12)17-9-18-15/h4-7,9H,1-3,8H2,(H,17,18,19,20). The average Bonchev–Trinajstić information content (AvgIpc) is 2.96. The van der Waals surface area contributed by atoms with E-state index in [1.54, 1.807) is 0 Å². The third kappa shape index (κ3) is 3.54. The number of halogens is 1. The lowest BCUT2D eigenvalue weighted by Crippen LogP contribution is -2.16. The Morgan fingerprint density at radius 3 is 2.86 bits per heavy atom. The maximum Gasteiger partial charge on any atom is 0.235 e. The predicted molar refractivity (Wildman–Crippen MR) is 84.9 cm³/mol. The van der Waals surface area contributed by atoms with Crippen LogP contribution in [-0.4, -0.2) is 21.6 Å². The number of carbonyl (C=O) groups is 1. The second kappa shape index (κ2) is 6.45. The Morgan fingerprint density at radius 2 is 2.05 bits per heavy atom. The molecule has 4 nitrogen and oxygen atoms in total. The van der Waals surface area contributed by atoms with Crippen molar-refractivity contribution in [1.29, 1.82) is 0 Å². The lowest BCUT2D eigenvalue weighted by atomic mass is 10.2. The molecule has 0 saturated heterocycles. The zero-order chi connectivity index (χ0) is 14.7. The monoisotopic (exact) mass is 319 g/mol. The summed E-state index contributed by atoms with van der Waals surface area (Å²) in [6.07, 6.45) is 4.51. The van der Waals surface area contributed by atoms with Gasteiger partial charge in [-0.15, -0.1) is 11.8 Å². The van der Waals surface area contributed by atoms with Gasteiger partial charge in [0.05, 0.1) is 5.75 Å². The number of hydrogen-bond acceptors (Lipinski definition) is 4. The molecule has 1 aliphatic rings. The van der Waals surface area contributed by atoms with Gasteiger partial charge in [0.15, 0.2) is 0 Å². The molecule has 0 saturated carbocycles. The minimum atomic E-state index is -0.0530. The van der Waals surface area contributed by atoms with Crippen LogP contribution in [0.4, 0.5) is 5.82 Å². The van der Waals surface area contributed by atoms with E-state index in [0.29, 0.717) is 16.6 Å². The first-order valence-corrected chi connectivity index (χ1v) is 8.10. The number of nitrogens with one attached hydrogen (secondary N) is 1. The summed E-state index contributed by atoms with van der Waals surface area (Å²) < 4.78 is 0. The molecule has 0 spiro atoms. The quantitative estimate of drug-likeness (QED) is 0.878. The molecular formula is C15H14ClN3OS. The fourth-order valence-corrected chi connectivity index (χ4v) is 3.14. The molecule has 3 rings (SSSR count). The van der Waals surface area contributed by atoms with Crippen molar-refractivity contribution in [2.45, 2.75) is 24.2 Å². The van der Waals surface area contributed by atoms with E-state index < -0.39 is 0 Å². The number of fused-ring (bicyclic) bond motifs is 1. The molecule has 1 aliphatic carbocycles. The number of benzene rings is 1. The number of nitrogens with zero attached hydrogens (tertiary/aromatic N) is 2. The maximum absolute atomic E-state index is 12.0. The summed E-state index contributed by atoms with van der Waals surface area (Å²) in [6, 6.07) is 7.45. The Hall–Kier alpha value is -1.59. The zero-order valence-corrected chi connectivity index (χ0v) is 12.9. The highest BCUT2D eigenvalue weighted by Gasteiger charge is 2.18. The van der Waals surface area contributed by atoms with Crippen molar-refractivity contribution in [2.75, 3.05) is 11.1 Å². The van der Waals surface area contributed by atoms with Crippen LogP contribution in [0, 0.1) is 0 Å². The normalized spacial score (nSPS) is 13.0. The molecule has 2 aromatic rings. The number of thioether (sulfide) groups is 1.